The average Bonchev–Trinajstić information content (AvgIpc) is 3.14. The number of anilines is 1. The van der Waals surface area contributed by atoms with Gasteiger partial charge in [0, 0.05) is 51.3 Å². The fourth-order valence-corrected chi connectivity index (χ4v) is 3.45. The van der Waals surface area contributed by atoms with Crippen LogP contribution in [0.1, 0.15) is 11.3 Å². The lowest BCUT2D eigenvalue weighted by molar-refractivity contribution is -0.140. The van der Waals surface area contributed by atoms with Crippen molar-refractivity contribution in [1.29, 1.82) is 0 Å². The van der Waals surface area contributed by atoms with E-state index in [2.05, 4.69) is 14.9 Å². The van der Waals surface area contributed by atoms with Crippen molar-refractivity contribution in [2.24, 2.45) is 0 Å². The summed E-state index contributed by atoms with van der Waals surface area (Å²) in [4.78, 5) is 12.1. The molecule has 1 aromatic carbocycles. The van der Waals surface area contributed by atoms with E-state index in [1.165, 1.54) is 30.0 Å². The van der Waals surface area contributed by atoms with Crippen molar-refractivity contribution in [3.05, 3.63) is 53.9 Å². The number of rotatable bonds is 4. The number of benzene rings is 1. The standard InChI is InChI=1S/C19H19F4N5O/c1-29-15-3-2-13(10-14(15)20)11-26-6-8-27(9-7-26)17-18-25-16(19(21,22)23)12-28(18)5-4-24-17/h2-5,10,12H,6-9,11H2,1H3. The number of fused-ring (bicyclic) bond motifs is 1. The Labute approximate surface area is 164 Å². The molecular weight excluding hydrogens is 390 g/mol. The predicted octanol–water partition coefficient (Wildman–Crippen LogP) is 3.22. The molecule has 1 saturated heterocycles. The molecule has 1 aliphatic rings. The first-order chi connectivity index (χ1) is 13.8. The summed E-state index contributed by atoms with van der Waals surface area (Å²) in [6.07, 6.45) is -0.614. The van der Waals surface area contributed by atoms with Crippen LogP contribution in [0.5, 0.6) is 5.75 Å². The first-order valence-corrected chi connectivity index (χ1v) is 9.06. The van der Waals surface area contributed by atoms with E-state index in [1.54, 1.807) is 6.07 Å². The Hall–Kier alpha value is -2.88. The molecule has 0 N–H and O–H groups in total. The van der Waals surface area contributed by atoms with Gasteiger partial charge >= 0.3 is 6.18 Å². The van der Waals surface area contributed by atoms with Crippen molar-refractivity contribution in [2.45, 2.75) is 12.7 Å². The van der Waals surface area contributed by atoms with Crippen molar-refractivity contribution in [3.8, 4) is 5.75 Å². The van der Waals surface area contributed by atoms with Crippen LogP contribution >= 0.6 is 0 Å². The zero-order valence-corrected chi connectivity index (χ0v) is 15.7. The lowest BCUT2D eigenvalue weighted by atomic mass is 10.2. The minimum absolute atomic E-state index is 0.186. The van der Waals surface area contributed by atoms with Gasteiger partial charge in [-0.15, -0.1) is 0 Å². The Kier molecular flexibility index (Phi) is 5.03. The molecule has 0 unspecified atom stereocenters. The molecular formula is C19H19F4N5O. The van der Waals surface area contributed by atoms with E-state index in [1.807, 2.05) is 11.0 Å². The third kappa shape index (κ3) is 3.98. The van der Waals surface area contributed by atoms with Gasteiger partial charge in [-0.05, 0) is 17.7 Å². The van der Waals surface area contributed by atoms with Gasteiger partial charge in [0.1, 0.15) is 0 Å². The topological polar surface area (TPSA) is 45.9 Å². The Balaban J connectivity index is 1.46. The Morgan fingerprint density at radius 1 is 1.14 bits per heavy atom. The van der Waals surface area contributed by atoms with Gasteiger partial charge in [0.2, 0.25) is 0 Å². The molecule has 0 bridgehead atoms. The molecule has 1 fully saturated rings. The molecule has 0 spiro atoms. The minimum Gasteiger partial charge on any atom is -0.494 e. The van der Waals surface area contributed by atoms with Gasteiger partial charge in [-0.2, -0.15) is 13.2 Å². The van der Waals surface area contributed by atoms with E-state index in [0.29, 0.717) is 38.5 Å². The van der Waals surface area contributed by atoms with Crippen LogP contribution < -0.4 is 9.64 Å². The molecule has 3 heterocycles. The monoisotopic (exact) mass is 409 g/mol. The van der Waals surface area contributed by atoms with E-state index < -0.39 is 17.7 Å². The first kappa shape index (κ1) is 19.4. The lowest BCUT2D eigenvalue weighted by Crippen LogP contribution is -2.46. The van der Waals surface area contributed by atoms with E-state index >= 15 is 0 Å². The number of piperazine rings is 1. The lowest BCUT2D eigenvalue weighted by Gasteiger charge is -2.35. The molecule has 0 atom stereocenters. The van der Waals surface area contributed by atoms with Crippen LogP contribution in [0.4, 0.5) is 23.4 Å². The van der Waals surface area contributed by atoms with Gasteiger partial charge in [-0.3, -0.25) is 4.90 Å². The van der Waals surface area contributed by atoms with Crippen molar-refractivity contribution >= 4 is 11.5 Å². The molecule has 154 valence electrons. The summed E-state index contributed by atoms with van der Waals surface area (Å²) in [5.41, 5.74) is 0.0810. The quantitative estimate of drug-likeness (QED) is 0.620. The summed E-state index contributed by atoms with van der Waals surface area (Å²) in [5, 5.41) is 0. The van der Waals surface area contributed by atoms with E-state index in [9.17, 15) is 17.6 Å². The average molecular weight is 409 g/mol. The highest BCUT2D eigenvalue weighted by Crippen LogP contribution is 2.30. The Bertz CT molecular complexity index is 1010. The molecule has 0 radical (unpaired) electrons. The number of ether oxygens (including phenoxy) is 1. The summed E-state index contributed by atoms with van der Waals surface area (Å²) in [7, 11) is 1.42. The number of methoxy groups -OCH3 is 1. The van der Waals surface area contributed by atoms with Gasteiger partial charge < -0.3 is 14.0 Å². The van der Waals surface area contributed by atoms with Gasteiger partial charge in [0.15, 0.2) is 28.7 Å². The van der Waals surface area contributed by atoms with Crippen LogP contribution in [-0.4, -0.2) is 52.6 Å². The summed E-state index contributed by atoms with van der Waals surface area (Å²) < 4.78 is 59.1. The third-order valence-electron chi connectivity index (χ3n) is 4.94. The van der Waals surface area contributed by atoms with Crippen molar-refractivity contribution in [3.63, 3.8) is 0 Å². The second-order valence-corrected chi connectivity index (χ2v) is 6.84. The molecule has 2 aromatic heterocycles. The normalized spacial score (nSPS) is 15.8. The van der Waals surface area contributed by atoms with E-state index in [0.717, 1.165) is 11.8 Å². The van der Waals surface area contributed by atoms with Crippen LogP contribution in [-0.2, 0) is 12.7 Å². The second kappa shape index (κ2) is 7.51. The highest BCUT2D eigenvalue weighted by molar-refractivity contribution is 5.64. The molecule has 3 aromatic rings. The Morgan fingerprint density at radius 3 is 2.55 bits per heavy atom. The third-order valence-corrected chi connectivity index (χ3v) is 4.94. The van der Waals surface area contributed by atoms with Gasteiger partial charge in [-0.25, -0.2) is 14.4 Å². The van der Waals surface area contributed by atoms with Crippen molar-refractivity contribution in [1.82, 2.24) is 19.3 Å². The molecule has 1 aliphatic heterocycles. The molecule has 6 nitrogen and oxygen atoms in total. The summed E-state index contributed by atoms with van der Waals surface area (Å²) in [6.45, 7) is 3.08. The highest BCUT2D eigenvalue weighted by Gasteiger charge is 2.34. The minimum atomic E-state index is -4.50. The first-order valence-electron chi connectivity index (χ1n) is 9.06. The number of nitrogens with zero attached hydrogens (tertiary/aromatic N) is 5. The number of alkyl halides is 3. The summed E-state index contributed by atoms with van der Waals surface area (Å²) in [5.74, 6) is 0.230. The van der Waals surface area contributed by atoms with Crippen LogP contribution in [0.2, 0.25) is 0 Å². The van der Waals surface area contributed by atoms with Gasteiger partial charge in [0.25, 0.3) is 0 Å². The van der Waals surface area contributed by atoms with Gasteiger partial charge in [-0.1, -0.05) is 6.07 Å². The van der Waals surface area contributed by atoms with Crippen molar-refractivity contribution in [2.75, 3.05) is 38.2 Å². The smallest absolute Gasteiger partial charge is 0.434 e. The summed E-state index contributed by atoms with van der Waals surface area (Å²) >= 11 is 0. The van der Waals surface area contributed by atoms with Gasteiger partial charge in [0.05, 0.1) is 7.11 Å². The highest BCUT2D eigenvalue weighted by atomic mass is 19.4. The van der Waals surface area contributed by atoms with E-state index in [-0.39, 0.29) is 11.4 Å². The second-order valence-electron chi connectivity index (χ2n) is 6.84. The Morgan fingerprint density at radius 2 is 1.90 bits per heavy atom. The summed E-state index contributed by atoms with van der Waals surface area (Å²) in [6, 6.07) is 4.87. The maximum absolute atomic E-state index is 13.9. The molecule has 0 aliphatic carbocycles. The fraction of sp³-hybridized carbons (Fsp3) is 0.368. The molecule has 0 amide bonds. The number of hydrogen-bond acceptors (Lipinski definition) is 5. The number of aromatic nitrogens is 3. The zero-order valence-electron chi connectivity index (χ0n) is 15.7. The molecule has 29 heavy (non-hydrogen) atoms. The SMILES string of the molecule is COc1ccc(CN2CCN(c3nccn4cc(C(F)(F)F)nc34)CC2)cc1F. The van der Waals surface area contributed by atoms with Crippen molar-refractivity contribution < 1.29 is 22.3 Å². The molecule has 10 heteroatoms. The number of halogens is 4. The molecule has 0 saturated carbocycles. The van der Waals surface area contributed by atoms with Crippen LogP contribution in [0, 0.1) is 5.82 Å². The van der Waals surface area contributed by atoms with Crippen LogP contribution in [0.3, 0.4) is 0 Å². The van der Waals surface area contributed by atoms with Crippen LogP contribution in [0.15, 0.2) is 36.8 Å². The largest absolute Gasteiger partial charge is 0.494 e. The number of hydrogen-bond donors (Lipinski definition) is 0. The predicted molar refractivity (Wildman–Crippen MR) is 98.4 cm³/mol. The number of imidazole rings is 1. The maximum atomic E-state index is 13.9. The van der Waals surface area contributed by atoms with Crippen LogP contribution in [0.25, 0.3) is 5.65 Å². The van der Waals surface area contributed by atoms with E-state index in [4.69, 9.17) is 4.74 Å². The maximum Gasteiger partial charge on any atom is 0.434 e. The zero-order chi connectivity index (χ0) is 20.6. The molecule has 4 rings (SSSR count). The fourth-order valence-electron chi connectivity index (χ4n) is 3.45.